The third-order valence-corrected chi connectivity index (χ3v) is 2.34. The third kappa shape index (κ3) is 1.62. The molecule has 0 unspecified atom stereocenters. The molecule has 0 saturated heterocycles. The molecule has 0 saturated carbocycles. The minimum Gasteiger partial charge on any atom is -0.331 e. The Morgan fingerprint density at radius 1 is 1.43 bits per heavy atom. The molecular formula is C11H13FN2. The maximum atomic E-state index is 13.0. The number of benzene rings is 1. The molecule has 3 heteroatoms. The molecule has 2 aromatic rings. The van der Waals surface area contributed by atoms with Crippen molar-refractivity contribution in [1.82, 2.24) is 9.55 Å². The lowest BCUT2D eigenvalue weighted by atomic mass is 10.3. The number of hydrogen-bond acceptors (Lipinski definition) is 1. The lowest BCUT2D eigenvalue weighted by Gasteiger charge is -2.01. The second-order valence-corrected chi connectivity index (χ2v) is 3.42. The molecule has 0 N–H and O–H groups in total. The van der Waals surface area contributed by atoms with Crippen LogP contribution in [0.1, 0.15) is 19.8 Å². The SMILES string of the molecule is CCCCn1cnc2ccc(F)cc21. The van der Waals surface area contributed by atoms with Crippen molar-refractivity contribution in [2.24, 2.45) is 0 Å². The molecule has 1 aromatic carbocycles. The summed E-state index contributed by atoms with van der Waals surface area (Å²) in [7, 11) is 0. The predicted octanol–water partition coefficient (Wildman–Crippen LogP) is 2.98. The van der Waals surface area contributed by atoms with Gasteiger partial charge in [0.1, 0.15) is 5.82 Å². The van der Waals surface area contributed by atoms with Gasteiger partial charge in [0.15, 0.2) is 0 Å². The van der Waals surface area contributed by atoms with Gasteiger partial charge in [-0.3, -0.25) is 0 Å². The highest BCUT2D eigenvalue weighted by Crippen LogP contribution is 2.14. The summed E-state index contributed by atoms with van der Waals surface area (Å²) in [6.45, 7) is 3.05. The zero-order valence-corrected chi connectivity index (χ0v) is 8.20. The molecule has 0 aliphatic carbocycles. The van der Waals surface area contributed by atoms with Crippen molar-refractivity contribution >= 4 is 11.0 Å². The molecule has 0 bridgehead atoms. The number of aryl methyl sites for hydroxylation is 1. The van der Waals surface area contributed by atoms with E-state index in [1.54, 1.807) is 12.4 Å². The van der Waals surface area contributed by atoms with E-state index in [1.165, 1.54) is 12.1 Å². The Bertz CT molecular complexity index is 434. The Hall–Kier alpha value is -1.38. The monoisotopic (exact) mass is 192 g/mol. The van der Waals surface area contributed by atoms with Gasteiger partial charge in [-0.15, -0.1) is 0 Å². The Morgan fingerprint density at radius 3 is 3.07 bits per heavy atom. The van der Waals surface area contributed by atoms with Gasteiger partial charge in [-0.25, -0.2) is 9.37 Å². The number of rotatable bonds is 3. The number of nitrogens with zero attached hydrogens (tertiary/aromatic N) is 2. The van der Waals surface area contributed by atoms with E-state index < -0.39 is 0 Å². The smallest absolute Gasteiger partial charge is 0.125 e. The summed E-state index contributed by atoms with van der Waals surface area (Å²) in [5.41, 5.74) is 1.75. The molecule has 14 heavy (non-hydrogen) atoms. The number of fused-ring (bicyclic) bond motifs is 1. The summed E-state index contributed by atoms with van der Waals surface area (Å²) < 4.78 is 15.0. The van der Waals surface area contributed by atoms with Crippen LogP contribution in [0.25, 0.3) is 11.0 Å². The Kier molecular flexibility index (Phi) is 2.48. The van der Waals surface area contributed by atoms with Crippen molar-refractivity contribution in [2.45, 2.75) is 26.3 Å². The maximum absolute atomic E-state index is 13.0. The second-order valence-electron chi connectivity index (χ2n) is 3.42. The highest BCUT2D eigenvalue weighted by molar-refractivity contribution is 5.75. The predicted molar refractivity (Wildman–Crippen MR) is 54.6 cm³/mol. The van der Waals surface area contributed by atoms with Gasteiger partial charge in [0.05, 0.1) is 17.4 Å². The highest BCUT2D eigenvalue weighted by atomic mass is 19.1. The summed E-state index contributed by atoms with van der Waals surface area (Å²) in [6.07, 6.45) is 4.01. The van der Waals surface area contributed by atoms with Crippen molar-refractivity contribution < 1.29 is 4.39 Å². The molecule has 2 nitrogen and oxygen atoms in total. The molecule has 0 atom stereocenters. The first-order valence-electron chi connectivity index (χ1n) is 4.91. The zero-order valence-electron chi connectivity index (χ0n) is 8.20. The normalized spacial score (nSPS) is 11.0. The molecule has 74 valence electrons. The summed E-state index contributed by atoms with van der Waals surface area (Å²) >= 11 is 0. The van der Waals surface area contributed by atoms with E-state index in [9.17, 15) is 4.39 Å². The van der Waals surface area contributed by atoms with E-state index in [0.29, 0.717) is 0 Å². The van der Waals surface area contributed by atoms with Gasteiger partial charge in [0.2, 0.25) is 0 Å². The van der Waals surface area contributed by atoms with Crippen LogP contribution in [0.4, 0.5) is 4.39 Å². The fraction of sp³-hybridized carbons (Fsp3) is 0.364. The van der Waals surface area contributed by atoms with Crippen molar-refractivity contribution in [3.63, 3.8) is 0 Å². The number of imidazole rings is 1. The van der Waals surface area contributed by atoms with Crippen molar-refractivity contribution in [2.75, 3.05) is 0 Å². The molecule has 2 rings (SSSR count). The quantitative estimate of drug-likeness (QED) is 0.731. The molecule has 1 aromatic heterocycles. The van der Waals surface area contributed by atoms with E-state index in [0.717, 1.165) is 30.4 Å². The highest BCUT2D eigenvalue weighted by Gasteiger charge is 2.02. The summed E-state index contributed by atoms with van der Waals surface area (Å²) in [5.74, 6) is -0.198. The fourth-order valence-electron chi connectivity index (χ4n) is 1.54. The molecule has 0 aliphatic heterocycles. The van der Waals surface area contributed by atoms with E-state index in [-0.39, 0.29) is 5.82 Å². The largest absolute Gasteiger partial charge is 0.331 e. The minimum atomic E-state index is -0.198. The molecule has 1 heterocycles. The van der Waals surface area contributed by atoms with Crippen molar-refractivity contribution in [3.8, 4) is 0 Å². The van der Waals surface area contributed by atoms with E-state index in [4.69, 9.17) is 0 Å². The van der Waals surface area contributed by atoms with Gasteiger partial charge in [0, 0.05) is 6.54 Å². The van der Waals surface area contributed by atoms with Gasteiger partial charge < -0.3 is 4.57 Å². The molecule has 0 spiro atoms. The molecule has 0 fully saturated rings. The van der Waals surface area contributed by atoms with Crippen molar-refractivity contribution in [1.29, 1.82) is 0 Å². The van der Waals surface area contributed by atoms with Crippen LogP contribution in [0.15, 0.2) is 24.5 Å². The maximum Gasteiger partial charge on any atom is 0.125 e. The van der Waals surface area contributed by atoms with E-state index >= 15 is 0 Å². The molecular weight excluding hydrogens is 179 g/mol. The second kappa shape index (κ2) is 3.78. The Balaban J connectivity index is 2.40. The third-order valence-electron chi connectivity index (χ3n) is 2.34. The van der Waals surface area contributed by atoms with Gasteiger partial charge in [0.25, 0.3) is 0 Å². The average molecular weight is 192 g/mol. The van der Waals surface area contributed by atoms with Gasteiger partial charge in [-0.05, 0) is 24.6 Å². The van der Waals surface area contributed by atoms with Gasteiger partial charge >= 0.3 is 0 Å². The summed E-state index contributed by atoms with van der Waals surface area (Å²) in [5, 5.41) is 0. The lowest BCUT2D eigenvalue weighted by Crippen LogP contribution is -1.95. The standard InChI is InChI=1S/C11H13FN2/c1-2-3-6-14-8-13-10-5-4-9(12)7-11(10)14/h4-5,7-8H,2-3,6H2,1H3. The summed E-state index contributed by atoms with van der Waals surface area (Å²) in [4.78, 5) is 4.21. The molecule has 0 aliphatic rings. The summed E-state index contributed by atoms with van der Waals surface area (Å²) in [6, 6.07) is 4.70. The minimum absolute atomic E-state index is 0.198. The van der Waals surface area contributed by atoms with Gasteiger partial charge in [-0.2, -0.15) is 0 Å². The Morgan fingerprint density at radius 2 is 2.29 bits per heavy atom. The van der Waals surface area contributed by atoms with Crippen LogP contribution in [-0.4, -0.2) is 9.55 Å². The zero-order chi connectivity index (χ0) is 9.97. The van der Waals surface area contributed by atoms with Crippen LogP contribution in [0.3, 0.4) is 0 Å². The van der Waals surface area contributed by atoms with Gasteiger partial charge in [-0.1, -0.05) is 13.3 Å². The lowest BCUT2D eigenvalue weighted by molar-refractivity contribution is 0.623. The molecule has 0 amide bonds. The molecule has 0 radical (unpaired) electrons. The average Bonchev–Trinajstić information content (AvgIpc) is 2.57. The first kappa shape index (κ1) is 9.19. The number of unbranched alkanes of at least 4 members (excludes halogenated alkanes) is 1. The first-order chi connectivity index (χ1) is 6.81. The van der Waals surface area contributed by atoms with Crippen molar-refractivity contribution in [3.05, 3.63) is 30.3 Å². The van der Waals surface area contributed by atoms with Crippen LogP contribution in [0.2, 0.25) is 0 Å². The van der Waals surface area contributed by atoms with Crippen LogP contribution >= 0.6 is 0 Å². The fourth-order valence-corrected chi connectivity index (χ4v) is 1.54. The van der Waals surface area contributed by atoms with E-state index in [1.807, 2.05) is 4.57 Å². The van der Waals surface area contributed by atoms with Crippen LogP contribution in [-0.2, 0) is 6.54 Å². The van der Waals surface area contributed by atoms with Crippen LogP contribution < -0.4 is 0 Å². The topological polar surface area (TPSA) is 17.8 Å². The van der Waals surface area contributed by atoms with Crippen LogP contribution in [0.5, 0.6) is 0 Å². The number of aromatic nitrogens is 2. The number of halogens is 1. The first-order valence-corrected chi connectivity index (χ1v) is 4.91. The Labute approximate surface area is 82.4 Å². The van der Waals surface area contributed by atoms with Crippen LogP contribution in [0, 0.1) is 5.82 Å². The van der Waals surface area contributed by atoms with E-state index in [2.05, 4.69) is 11.9 Å². The number of hydrogen-bond donors (Lipinski definition) is 0.